The molecule has 3 nitrogen and oxygen atoms in total. The molecule has 0 radical (unpaired) electrons. The van der Waals surface area contributed by atoms with Crippen molar-refractivity contribution in [1.29, 1.82) is 0 Å². The molecule has 1 aliphatic rings. The van der Waals surface area contributed by atoms with E-state index >= 15 is 0 Å². The Hall–Kier alpha value is -1.74. The van der Waals surface area contributed by atoms with Gasteiger partial charge in [0.25, 0.3) is 0 Å². The van der Waals surface area contributed by atoms with E-state index in [1.54, 1.807) is 0 Å². The maximum Gasteiger partial charge on any atom is 0.120 e. The fourth-order valence-corrected chi connectivity index (χ4v) is 3.01. The zero-order chi connectivity index (χ0) is 14.8. The lowest BCUT2D eigenvalue weighted by Gasteiger charge is -2.28. The van der Waals surface area contributed by atoms with Crippen molar-refractivity contribution in [2.75, 3.05) is 18.5 Å². The van der Waals surface area contributed by atoms with Crippen LogP contribution in [0.25, 0.3) is 0 Å². The lowest BCUT2D eigenvalue weighted by molar-refractivity contribution is 0.416. The lowest BCUT2D eigenvalue weighted by atomic mass is 9.99. The number of anilines is 1. The van der Waals surface area contributed by atoms with Gasteiger partial charge in [-0.05, 0) is 56.0 Å². The zero-order valence-corrected chi connectivity index (χ0v) is 13.1. The van der Waals surface area contributed by atoms with Crippen LogP contribution in [0.2, 0.25) is 0 Å². The molecule has 1 aliphatic heterocycles. The molecular formula is C18H24N2O. The number of rotatable bonds is 4. The van der Waals surface area contributed by atoms with Crippen LogP contribution in [0.4, 0.5) is 5.69 Å². The second-order valence-corrected chi connectivity index (χ2v) is 6.04. The summed E-state index contributed by atoms with van der Waals surface area (Å²) in [5, 5.41) is 3.54. The van der Waals surface area contributed by atoms with Crippen LogP contribution in [0.5, 0.6) is 0 Å². The fourth-order valence-electron chi connectivity index (χ4n) is 3.01. The number of nitrogens with one attached hydrogen (secondary N) is 1. The van der Waals surface area contributed by atoms with Crippen LogP contribution < -0.4 is 10.2 Å². The Balaban J connectivity index is 1.65. The van der Waals surface area contributed by atoms with Gasteiger partial charge in [0, 0.05) is 25.8 Å². The van der Waals surface area contributed by atoms with Crippen LogP contribution >= 0.6 is 0 Å². The van der Waals surface area contributed by atoms with Crippen LogP contribution in [-0.2, 0) is 13.0 Å². The Morgan fingerprint density at radius 3 is 2.90 bits per heavy atom. The van der Waals surface area contributed by atoms with Crippen LogP contribution in [0.1, 0.15) is 42.0 Å². The van der Waals surface area contributed by atoms with E-state index in [-0.39, 0.29) is 6.04 Å². The molecule has 1 unspecified atom stereocenters. The molecular weight excluding hydrogens is 260 g/mol. The number of hydrogen-bond acceptors (Lipinski definition) is 3. The summed E-state index contributed by atoms with van der Waals surface area (Å²) in [5.41, 5.74) is 4.21. The molecule has 1 atom stereocenters. The second-order valence-electron chi connectivity index (χ2n) is 6.04. The van der Waals surface area contributed by atoms with E-state index < -0.39 is 0 Å². The van der Waals surface area contributed by atoms with Crippen molar-refractivity contribution in [3.8, 4) is 0 Å². The Kier molecular flexibility index (Phi) is 4.02. The molecule has 0 bridgehead atoms. The van der Waals surface area contributed by atoms with Gasteiger partial charge in [0.2, 0.25) is 0 Å². The van der Waals surface area contributed by atoms with Crippen molar-refractivity contribution in [2.24, 2.45) is 0 Å². The number of nitrogens with zero attached hydrogens (tertiary/aromatic N) is 1. The molecule has 1 N–H and O–H groups in total. The largest absolute Gasteiger partial charge is 0.465 e. The first-order valence-electron chi connectivity index (χ1n) is 7.76. The summed E-state index contributed by atoms with van der Waals surface area (Å²) >= 11 is 0. The van der Waals surface area contributed by atoms with E-state index in [9.17, 15) is 0 Å². The topological polar surface area (TPSA) is 28.4 Å². The molecule has 21 heavy (non-hydrogen) atoms. The highest BCUT2D eigenvalue weighted by molar-refractivity contribution is 5.56. The van der Waals surface area contributed by atoms with Gasteiger partial charge in [0.05, 0.1) is 6.04 Å². The molecule has 0 fully saturated rings. The van der Waals surface area contributed by atoms with Crippen LogP contribution in [0.15, 0.2) is 34.7 Å². The average Bonchev–Trinajstić information content (AvgIpc) is 2.91. The van der Waals surface area contributed by atoms with Gasteiger partial charge in [-0.25, -0.2) is 0 Å². The van der Waals surface area contributed by atoms with Crippen molar-refractivity contribution in [2.45, 2.75) is 39.3 Å². The standard InChI is InChI=1S/C18H24N2O/c1-13-6-9-18(21-13)14(2)19-12-15-7-8-17-16(11-15)5-4-10-20(17)3/h6-9,11,14,19H,4-5,10,12H2,1-3H3. The van der Waals surface area contributed by atoms with E-state index in [0.717, 1.165) is 18.1 Å². The van der Waals surface area contributed by atoms with Crippen molar-refractivity contribution in [1.82, 2.24) is 5.32 Å². The molecule has 3 heteroatoms. The molecule has 2 aromatic rings. The Labute approximate surface area is 127 Å². The van der Waals surface area contributed by atoms with Crippen molar-refractivity contribution in [3.05, 3.63) is 53.0 Å². The minimum atomic E-state index is 0.234. The maximum absolute atomic E-state index is 5.67. The zero-order valence-electron chi connectivity index (χ0n) is 13.1. The minimum absolute atomic E-state index is 0.234. The molecule has 0 aliphatic carbocycles. The van der Waals surface area contributed by atoms with Crippen molar-refractivity contribution < 1.29 is 4.42 Å². The van der Waals surface area contributed by atoms with E-state index in [4.69, 9.17) is 4.42 Å². The summed E-state index contributed by atoms with van der Waals surface area (Å²) in [4.78, 5) is 2.35. The SMILES string of the molecule is Cc1ccc(C(C)NCc2ccc3c(c2)CCCN3C)o1. The third kappa shape index (κ3) is 3.13. The fraction of sp³-hybridized carbons (Fsp3) is 0.444. The van der Waals surface area contributed by atoms with E-state index in [1.165, 1.54) is 36.2 Å². The summed E-state index contributed by atoms with van der Waals surface area (Å²) in [6.45, 7) is 6.16. The van der Waals surface area contributed by atoms with Gasteiger partial charge in [0.15, 0.2) is 0 Å². The average molecular weight is 284 g/mol. The predicted octanol–water partition coefficient (Wildman–Crippen LogP) is 3.82. The van der Waals surface area contributed by atoms with E-state index in [0.29, 0.717) is 0 Å². The first-order valence-corrected chi connectivity index (χ1v) is 7.76. The third-order valence-electron chi connectivity index (χ3n) is 4.30. The molecule has 2 heterocycles. The van der Waals surface area contributed by atoms with Gasteiger partial charge < -0.3 is 14.6 Å². The highest BCUT2D eigenvalue weighted by Crippen LogP contribution is 2.27. The molecule has 0 saturated heterocycles. The predicted molar refractivity (Wildman–Crippen MR) is 86.7 cm³/mol. The highest BCUT2D eigenvalue weighted by Gasteiger charge is 2.14. The number of furan rings is 1. The smallest absolute Gasteiger partial charge is 0.120 e. The van der Waals surface area contributed by atoms with Crippen LogP contribution in [0, 0.1) is 6.92 Å². The first kappa shape index (κ1) is 14.2. The van der Waals surface area contributed by atoms with Gasteiger partial charge in [-0.1, -0.05) is 12.1 Å². The van der Waals surface area contributed by atoms with Crippen LogP contribution in [0.3, 0.4) is 0 Å². The number of aryl methyl sites for hydroxylation is 2. The minimum Gasteiger partial charge on any atom is -0.465 e. The van der Waals surface area contributed by atoms with Gasteiger partial charge in [0.1, 0.15) is 11.5 Å². The molecule has 1 aromatic heterocycles. The quantitative estimate of drug-likeness (QED) is 0.925. The van der Waals surface area contributed by atoms with Gasteiger partial charge in [-0.3, -0.25) is 0 Å². The Bertz CT molecular complexity index is 617. The monoisotopic (exact) mass is 284 g/mol. The third-order valence-corrected chi connectivity index (χ3v) is 4.30. The molecule has 3 rings (SSSR count). The van der Waals surface area contributed by atoms with E-state index in [1.807, 2.05) is 13.0 Å². The molecule has 112 valence electrons. The Morgan fingerprint density at radius 1 is 1.29 bits per heavy atom. The van der Waals surface area contributed by atoms with E-state index in [2.05, 4.69) is 48.5 Å². The summed E-state index contributed by atoms with van der Waals surface area (Å²) in [7, 11) is 2.18. The Morgan fingerprint density at radius 2 is 2.14 bits per heavy atom. The van der Waals surface area contributed by atoms with Gasteiger partial charge >= 0.3 is 0 Å². The number of hydrogen-bond donors (Lipinski definition) is 1. The summed E-state index contributed by atoms with van der Waals surface area (Å²) < 4.78 is 5.67. The summed E-state index contributed by atoms with van der Waals surface area (Å²) in [6, 6.07) is 11.1. The molecule has 0 spiro atoms. The molecule has 1 aromatic carbocycles. The van der Waals surface area contributed by atoms with Crippen LogP contribution in [-0.4, -0.2) is 13.6 Å². The highest BCUT2D eigenvalue weighted by atomic mass is 16.3. The van der Waals surface area contributed by atoms with Gasteiger partial charge in [-0.2, -0.15) is 0 Å². The number of fused-ring (bicyclic) bond motifs is 1. The van der Waals surface area contributed by atoms with Gasteiger partial charge in [-0.15, -0.1) is 0 Å². The normalized spacial score (nSPS) is 15.9. The van der Waals surface area contributed by atoms with Crippen molar-refractivity contribution >= 4 is 5.69 Å². The lowest BCUT2D eigenvalue weighted by Crippen LogP contribution is -2.25. The summed E-state index contributed by atoms with van der Waals surface area (Å²) in [5.74, 6) is 1.97. The second kappa shape index (κ2) is 5.94. The first-order chi connectivity index (χ1) is 10.1. The number of benzene rings is 1. The maximum atomic E-state index is 5.67. The molecule has 0 saturated carbocycles. The van der Waals surface area contributed by atoms with Crippen molar-refractivity contribution in [3.63, 3.8) is 0 Å². The molecule has 0 amide bonds. The summed E-state index contributed by atoms with van der Waals surface area (Å²) in [6.07, 6.45) is 2.45.